The molecule has 0 fully saturated rings. The number of rotatable bonds is 0. The molecule has 0 spiro atoms. The predicted octanol–water partition coefficient (Wildman–Crippen LogP) is 1.38. The van der Waals surface area contributed by atoms with Crippen LogP contribution in [0.15, 0.2) is 18.2 Å². The van der Waals surface area contributed by atoms with Gasteiger partial charge in [-0.3, -0.25) is 10.6 Å². The van der Waals surface area contributed by atoms with Crippen LogP contribution in [-0.2, 0) is 0 Å². The summed E-state index contributed by atoms with van der Waals surface area (Å²) in [5, 5.41) is 10.6. The Hall–Kier alpha value is -0.970. The van der Waals surface area contributed by atoms with Crippen LogP contribution >= 0.6 is 11.6 Å². The zero-order valence-corrected chi connectivity index (χ0v) is 6.26. The van der Waals surface area contributed by atoms with Crippen molar-refractivity contribution in [3.05, 3.63) is 23.2 Å². The van der Waals surface area contributed by atoms with E-state index in [1.54, 1.807) is 18.2 Å². The number of hydrogen-bond donors (Lipinski definition) is 3. The number of hydrazine groups is 2. The van der Waals surface area contributed by atoms with Crippen LogP contribution in [0.4, 0.5) is 11.4 Å². The van der Waals surface area contributed by atoms with Gasteiger partial charge < -0.3 is 0 Å². The van der Waals surface area contributed by atoms with E-state index in [1.807, 2.05) is 0 Å². The van der Waals surface area contributed by atoms with Crippen LogP contribution in [0.5, 0.6) is 0 Å². The first kappa shape index (κ1) is 6.72. The lowest BCUT2D eigenvalue weighted by molar-refractivity contribution is 0.230. The number of halogens is 1. The van der Waals surface area contributed by atoms with Crippen LogP contribution in [0.2, 0.25) is 5.02 Å². The number of benzene rings is 1. The second-order valence-corrected chi connectivity index (χ2v) is 2.65. The summed E-state index contributed by atoms with van der Waals surface area (Å²) >= 11 is 5.70. The molecule has 11 heavy (non-hydrogen) atoms. The first-order valence-electron chi connectivity index (χ1n) is 3.07. The van der Waals surface area contributed by atoms with Gasteiger partial charge in [0.1, 0.15) is 5.69 Å². The molecule has 1 heterocycles. The maximum Gasteiger partial charge on any atom is 0.110 e. The number of nitrogens with zero attached hydrogens (tertiary/aromatic N) is 1. The van der Waals surface area contributed by atoms with Gasteiger partial charge >= 0.3 is 0 Å². The summed E-state index contributed by atoms with van der Waals surface area (Å²) in [4.78, 5) is 0. The Balaban J connectivity index is 2.52. The summed E-state index contributed by atoms with van der Waals surface area (Å²) < 4.78 is 0. The van der Waals surface area contributed by atoms with E-state index in [0.29, 0.717) is 10.7 Å². The quantitative estimate of drug-likeness (QED) is 0.552. The Bertz CT molecular complexity index is 291. The molecule has 2 rings (SSSR count). The molecule has 58 valence electrons. The molecule has 1 aromatic rings. The molecule has 0 atom stereocenters. The van der Waals surface area contributed by atoms with Gasteiger partial charge in [0.2, 0.25) is 0 Å². The van der Waals surface area contributed by atoms with Crippen molar-refractivity contribution in [3.8, 4) is 0 Å². The van der Waals surface area contributed by atoms with E-state index in [1.165, 1.54) is 0 Å². The summed E-state index contributed by atoms with van der Waals surface area (Å²) in [6, 6.07) is 5.18. The van der Waals surface area contributed by atoms with Crippen molar-refractivity contribution in [1.29, 1.82) is 0 Å². The first-order chi connectivity index (χ1) is 5.27. The Labute approximate surface area is 68.3 Å². The van der Waals surface area contributed by atoms with Crippen LogP contribution in [0.1, 0.15) is 0 Å². The van der Waals surface area contributed by atoms with E-state index in [9.17, 15) is 0 Å². The molecule has 4 nitrogen and oxygen atoms in total. The lowest BCUT2D eigenvalue weighted by Crippen LogP contribution is -2.32. The molecule has 0 amide bonds. The minimum atomic E-state index is 0.591. The highest BCUT2D eigenvalue weighted by atomic mass is 35.5. The molecule has 3 N–H and O–H groups in total. The molecular formula is C6H6ClN3O. The van der Waals surface area contributed by atoms with Crippen molar-refractivity contribution in [2.24, 2.45) is 0 Å². The lowest BCUT2D eigenvalue weighted by atomic mass is 10.3. The van der Waals surface area contributed by atoms with Crippen molar-refractivity contribution >= 4 is 23.0 Å². The van der Waals surface area contributed by atoms with E-state index in [0.717, 1.165) is 10.9 Å². The highest BCUT2D eigenvalue weighted by molar-refractivity contribution is 6.31. The number of hydrogen-bond acceptors (Lipinski definition) is 4. The minimum absolute atomic E-state index is 0.591. The normalized spacial score (nSPS) is 14.5. The van der Waals surface area contributed by atoms with E-state index in [4.69, 9.17) is 16.8 Å². The van der Waals surface area contributed by atoms with Crippen molar-refractivity contribution in [3.63, 3.8) is 0 Å². The third kappa shape index (κ3) is 1.01. The van der Waals surface area contributed by atoms with Gasteiger partial charge in [-0.05, 0) is 18.2 Å². The molecule has 0 radical (unpaired) electrons. The molecule has 0 saturated carbocycles. The molecule has 1 aromatic carbocycles. The predicted molar refractivity (Wildman–Crippen MR) is 42.5 cm³/mol. The summed E-state index contributed by atoms with van der Waals surface area (Å²) in [5.41, 5.74) is 6.66. The van der Waals surface area contributed by atoms with Gasteiger partial charge in [0.05, 0.1) is 5.69 Å². The van der Waals surface area contributed by atoms with Crippen molar-refractivity contribution in [2.75, 3.05) is 10.6 Å². The van der Waals surface area contributed by atoms with Crippen molar-refractivity contribution < 1.29 is 5.21 Å². The van der Waals surface area contributed by atoms with Gasteiger partial charge in [-0.15, -0.1) is 5.53 Å². The van der Waals surface area contributed by atoms with E-state index < -0.39 is 0 Å². The largest absolute Gasteiger partial charge is 0.300 e. The van der Waals surface area contributed by atoms with Gasteiger partial charge in [-0.25, -0.2) is 0 Å². The molecule has 0 aromatic heterocycles. The lowest BCUT2D eigenvalue weighted by Gasteiger charge is -2.06. The van der Waals surface area contributed by atoms with Gasteiger partial charge in [0, 0.05) is 5.02 Å². The fraction of sp³-hybridized carbons (Fsp3) is 0. The summed E-state index contributed by atoms with van der Waals surface area (Å²) in [6.07, 6.45) is 0. The van der Waals surface area contributed by atoms with E-state index >= 15 is 0 Å². The smallest absolute Gasteiger partial charge is 0.110 e. The Morgan fingerprint density at radius 1 is 1.45 bits per heavy atom. The highest BCUT2D eigenvalue weighted by Crippen LogP contribution is 2.30. The SMILES string of the molecule is ON1NNc2ccc(Cl)cc21. The van der Waals surface area contributed by atoms with Gasteiger partial charge in [0.25, 0.3) is 0 Å². The van der Waals surface area contributed by atoms with Crippen LogP contribution in [0.3, 0.4) is 0 Å². The second kappa shape index (κ2) is 2.27. The van der Waals surface area contributed by atoms with Gasteiger partial charge in [-0.2, -0.15) is 5.17 Å². The molecular weight excluding hydrogens is 166 g/mol. The maximum absolute atomic E-state index is 9.11. The molecule has 1 aliphatic rings. The molecule has 0 bridgehead atoms. The van der Waals surface area contributed by atoms with Crippen LogP contribution in [0.25, 0.3) is 0 Å². The number of nitrogens with one attached hydrogen (secondary N) is 2. The molecule has 0 unspecified atom stereocenters. The number of anilines is 2. The Morgan fingerprint density at radius 3 is 3.09 bits per heavy atom. The average Bonchev–Trinajstić information content (AvgIpc) is 2.33. The first-order valence-corrected chi connectivity index (χ1v) is 3.45. The van der Waals surface area contributed by atoms with Crippen LogP contribution in [0, 0.1) is 0 Å². The fourth-order valence-corrected chi connectivity index (χ4v) is 1.13. The fourth-order valence-electron chi connectivity index (χ4n) is 0.959. The molecule has 1 aliphatic heterocycles. The second-order valence-electron chi connectivity index (χ2n) is 2.21. The van der Waals surface area contributed by atoms with Crippen molar-refractivity contribution in [1.82, 2.24) is 5.53 Å². The zero-order valence-electron chi connectivity index (χ0n) is 5.50. The van der Waals surface area contributed by atoms with E-state index in [-0.39, 0.29) is 0 Å². The monoisotopic (exact) mass is 171 g/mol. The summed E-state index contributed by atoms with van der Waals surface area (Å²) in [6.45, 7) is 0. The standard InChI is InChI=1S/C6H6ClN3O/c7-4-1-2-5-6(3-4)10(11)9-8-5/h1-3,8-9,11H. The van der Waals surface area contributed by atoms with E-state index in [2.05, 4.69) is 11.0 Å². The molecule has 5 heteroatoms. The number of fused-ring (bicyclic) bond motifs is 1. The van der Waals surface area contributed by atoms with Crippen molar-refractivity contribution in [2.45, 2.75) is 0 Å². The minimum Gasteiger partial charge on any atom is -0.300 e. The Morgan fingerprint density at radius 2 is 2.27 bits per heavy atom. The zero-order chi connectivity index (χ0) is 7.84. The van der Waals surface area contributed by atoms with Gasteiger partial charge in [0.15, 0.2) is 0 Å². The molecule has 0 saturated heterocycles. The molecule has 0 aliphatic carbocycles. The Kier molecular flexibility index (Phi) is 1.38. The average molecular weight is 172 g/mol. The van der Waals surface area contributed by atoms with Crippen LogP contribution < -0.4 is 16.1 Å². The third-order valence-corrected chi connectivity index (χ3v) is 1.72. The maximum atomic E-state index is 9.11. The topological polar surface area (TPSA) is 47.5 Å². The summed E-state index contributed by atoms with van der Waals surface area (Å²) in [5.74, 6) is 0. The summed E-state index contributed by atoms with van der Waals surface area (Å²) in [7, 11) is 0. The van der Waals surface area contributed by atoms with Gasteiger partial charge in [-0.1, -0.05) is 11.6 Å². The third-order valence-electron chi connectivity index (χ3n) is 1.48. The highest BCUT2D eigenvalue weighted by Gasteiger charge is 2.15. The van der Waals surface area contributed by atoms with Crippen LogP contribution in [-0.4, -0.2) is 5.21 Å².